The molecule has 0 radical (unpaired) electrons. The zero-order valence-corrected chi connectivity index (χ0v) is 3.85. The van der Waals surface area contributed by atoms with Gasteiger partial charge in [-0.25, -0.2) is 4.98 Å². The Morgan fingerprint density at radius 2 is 2.75 bits per heavy atom. The summed E-state index contributed by atoms with van der Waals surface area (Å²) >= 11 is 0. The Bertz CT molecular complexity index is 197. The van der Waals surface area contributed by atoms with Crippen LogP contribution >= 0.6 is 0 Å². The lowest BCUT2D eigenvalue weighted by atomic mass is 10.8. The molecule has 0 aromatic carbocycles. The van der Waals surface area contributed by atoms with Crippen molar-refractivity contribution in [3.05, 3.63) is 23.0 Å². The molecule has 0 aliphatic rings. The molecule has 1 aromatic heterocycles. The third kappa shape index (κ3) is 0.772. The quantitative estimate of drug-likeness (QED) is 0.313. The summed E-state index contributed by atoms with van der Waals surface area (Å²) in [5, 5.41) is 3.12. The molecule has 0 N–H and O–H groups in total. The van der Waals surface area contributed by atoms with Gasteiger partial charge in [0.1, 0.15) is 0 Å². The second kappa shape index (κ2) is 1.99. The smallest absolute Gasteiger partial charge is 0.210 e. The van der Waals surface area contributed by atoms with Gasteiger partial charge in [0, 0.05) is 4.91 Å². The summed E-state index contributed by atoms with van der Waals surface area (Å²) in [6.07, 6.45) is 2.53. The summed E-state index contributed by atoms with van der Waals surface area (Å²) in [7, 11) is 0. The summed E-state index contributed by atoms with van der Waals surface area (Å²) in [4.78, 5) is 5.98. The zero-order valence-electron chi connectivity index (χ0n) is 3.85. The normalized spacial score (nSPS) is 8.00. The average molecular weight is 110 g/mol. The van der Waals surface area contributed by atoms with E-state index < -0.39 is 0 Å². The molecule has 0 atom stereocenters. The van der Waals surface area contributed by atoms with E-state index in [9.17, 15) is 0 Å². The molecule has 40 valence electrons. The predicted octanol–water partition coefficient (Wildman–Crippen LogP) is 1.62. The van der Waals surface area contributed by atoms with E-state index in [0.29, 0.717) is 0 Å². The van der Waals surface area contributed by atoms with E-state index in [1.54, 1.807) is 0 Å². The van der Waals surface area contributed by atoms with Gasteiger partial charge in [0.25, 0.3) is 0 Å². The molecular weight excluding hydrogens is 108 g/mol. The molecule has 0 aliphatic carbocycles. The van der Waals surface area contributed by atoms with Gasteiger partial charge in [0.2, 0.25) is 5.88 Å². The van der Waals surface area contributed by atoms with Crippen molar-refractivity contribution in [3.63, 3.8) is 0 Å². The zero-order chi connectivity index (χ0) is 5.82. The number of rotatable bonds is 1. The van der Waals surface area contributed by atoms with Gasteiger partial charge in [-0.05, 0) is 10.6 Å². The fraction of sp³-hybridized carbons (Fsp3) is 0. The summed E-state index contributed by atoms with van der Waals surface area (Å²) in [6, 6.07) is 0. The molecule has 1 aromatic rings. The Hall–Kier alpha value is -1.48. The lowest BCUT2D eigenvalue weighted by Gasteiger charge is -1.69. The molecule has 0 aliphatic heterocycles. The van der Waals surface area contributed by atoms with Gasteiger partial charge in [-0.15, -0.1) is 0 Å². The third-order valence-corrected chi connectivity index (χ3v) is 0.563. The van der Waals surface area contributed by atoms with Crippen LogP contribution in [-0.2, 0) is 0 Å². The van der Waals surface area contributed by atoms with Crippen LogP contribution in [0.1, 0.15) is 0 Å². The summed E-state index contributed by atoms with van der Waals surface area (Å²) in [5.74, 6) is 0.188. The van der Waals surface area contributed by atoms with Crippen LogP contribution < -0.4 is 0 Å². The van der Waals surface area contributed by atoms with Gasteiger partial charge in [-0.1, -0.05) is 0 Å². The fourth-order valence-corrected chi connectivity index (χ4v) is 0.303. The lowest BCUT2D eigenvalue weighted by Crippen LogP contribution is -1.44. The first-order chi connectivity index (χ1) is 3.93. The molecule has 0 amide bonds. The molecule has 5 heteroatoms. The van der Waals surface area contributed by atoms with Crippen molar-refractivity contribution >= 4 is 5.88 Å². The molecule has 0 fully saturated rings. The second-order valence-corrected chi connectivity index (χ2v) is 1.03. The number of azide groups is 1. The van der Waals surface area contributed by atoms with E-state index in [1.807, 2.05) is 0 Å². The fourth-order valence-electron chi connectivity index (χ4n) is 0.303. The molecule has 0 saturated carbocycles. The molecule has 0 bridgehead atoms. The van der Waals surface area contributed by atoms with E-state index in [2.05, 4.69) is 19.4 Å². The van der Waals surface area contributed by atoms with Gasteiger partial charge in [0.15, 0.2) is 6.39 Å². The van der Waals surface area contributed by atoms with Crippen molar-refractivity contribution in [2.75, 3.05) is 0 Å². The van der Waals surface area contributed by atoms with Crippen LogP contribution in [0.25, 0.3) is 10.4 Å². The summed E-state index contributed by atoms with van der Waals surface area (Å²) < 4.78 is 4.54. The minimum Gasteiger partial charge on any atom is -0.442 e. The van der Waals surface area contributed by atoms with Crippen LogP contribution in [0.4, 0.5) is 5.88 Å². The van der Waals surface area contributed by atoms with Crippen LogP contribution in [0.2, 0.25) is 0 Å². The Morgan fingerprint density at radius 3 is 3.25 bits per heavy atom. The Morgan fingerprint density at radius 1 is 1.88 bits per heavy atom. The summed E-state index contributed by atoms with van der Waals surface area (Å²) in [6.45, 7) is 0. The molecule has 1 heterocycles. The molecule has 0 unspecified atom stereocenters. The van der Waals surface area contributed by atoms with Gasteiger partial charge < -0.3 is 4.42 Å². The maximum atomic E-state index is 7.81. The average Bonchev–Trinajstić information content (AvgIpc) is 2.19. The van der Waals surface area contributed by atoms with Gasteiger partial charge in [0.05, 0.1) is 6.20 Å². The standard InChI is InChI=1S/C3H2N4O/c4-7-6-3-1-5-2-8-3/h1-2H. The van der Waals surface area contributed by atoms with E-state index in [4.69, 9.17) is 5.53 Å². The first-order valence-corrected chi connectivity index (χ1v) is 1.87. The van der Waals surface area contributed by atoms with Crippen molar-refractivity contribution in [1.29, 1.82) is 0 Å². The Balaban J connectivity index is 2.93. The first-order valence-electron chi connectivity index (χ1n) is 1.87. The molecule has 8 heavy (non-hydrogen) atoms. The molecule has 0 saturated heterocycles. The number of oxazole rings is 1. The van der Waals surface area contributed by atoms with Crippen LogP contribution in [0.15, 0.2) is 22.1 Å². The maximum absolute atomic E-state index is 7.81. The third-order valence-electron chi connectivity index (χ3n) is 0.563. The highest BCUT2D eigenvalue weighted by Gasteiger charge is 1.85. The topological polar surface area (TPSA) is 74.8 Å². The maximum Gasteiger partial charge on any atom is 0.210 e. The van der Waals surface area contributed by atoms with E-state index in [0.717, 1.165) is 0 Å². The van der Waals surface area contributed by atoms with E-state index in [1.165, 1.54) is 12.6 Å². The monoisotopic (exact) mass is 110 g/mol. The van der Waals surface area contributed by atoms with E-state index >= 15 is 0 Å². The second-order valence-electron chi connectivity index (χ2n) is 1.03. The van der Waals surface area contributed by atoms with E-state index in [-0.39, 0.29) is 5.88 Å². The number of aromatic nitrogens is 1. The van der Waals surface area contributed by atoms with Crippen molar-refractivity contribution in [2.24, 2.45) is 5.11 Å². The van der Waals surface area contributed by atoms with Crippen molar-refractivity contribution < 1.29 is 4.42 Å². The largest absolute Gasteiger partial charge is 0.442 e. The summed E-state index contributed by atoms with van der Waals surface area (Å²) in [5.41, 5.74) is 7.81. The molecule has 1 rings (SSSR count). The Labute approximate surface area is 44.6 Å². The predicted molar refractivity (Wildman–Crippen MR) is 25.3 cm³/mol. The SMILES string of the molecule is [N-]=[N+]=Nc1cnco1. The van der Waals surface area contributed by atoms with Crippen LogP contribution in [0.5, 0.6) is 0 Å². The van der Waals surface area contributed by atoms with Crippen molar-refractivity contribution in [2.45, 2.75) is 0 Å². The highest BCUT2D eigenvalue weighted by molar-refractivity contribution is 5.14. The number of nitrogens with zero attached hydrogens (tertiary/aromatic N) is 4. The number of hydrogen-bond donors (Lipinski definition) is 0. The van der Waals surface area contributed by atoms with Gasteiger partial charge >= 0.3 is 0 Å². The number of hydrogen-bond acceptors (Lipinski definition) is 3. The molecule has 0 spiro atoms. The van der Waals surface area contributed by atoms with Gasteiger partial charge in [-0.2, -0.15) is 0 Å². The van der Waals surface area contributed by atoms with Crippen LogP contribution in [0, 0.1) is 0 Å². The van der Waals surface area contributed by atoms with Gasteiger partial charge in [-0.3, -0.25) is 0 Å². The molecule has 5 nitrogen and oxygen atoms in total. The lowest BCUT2D eigenvalue weighted by molar-refractivity contribution is 0.567. The first kappa shape index (κ1) is 4.67. The minimum absolute atomic E-state index is 0.188. The highest BCUT2D eigenvalue weighted by Crippen LogP contribution is 2.07. The van der Waals surface area contributed by atoms with Crippen molar-refractivity contribution in [1.82, 2.24) is 4.98 Å². The van der Waals surface area contributed by atoms with Crippen LogP contribution in [0.3, 0.4) is 0 Å². The highest BCUT2D eigenvalue weighted by atomic mass is 16.4. The minimum atomic E-state index is 0.188. The van der Waals surface area contributed by atoms with Crippen LogP contribution in [-0.4, -0.2) is 4.98 Å². The Kier molecular flexibility index (Phi) is 1.16. The molecular formula is C3H2N4O. The van der Waals surface area contributed by atoms with Crippen molar-refractivity contribution in [3.8, 4) is 0 Å².